The number of furan rings is 1. The molecule has 1 aromatic heterocycles. The van der Waals surface area contributed by atoms with Crippen molar-refractivity contribution in [2.75, 3.05) is 19.7 Å². The average molecular weight is 211 g/mol. The molecule has 0 saturated heterocycles. The molecule has 0 atom stereocenters. The molecule has 1 heterocycles. The molecule has 0 aliphatic rings. The van der Waals surface area contributed by atoms with E-state index in [0.29, 0.717) is 0 Å². The Kier molecular flexibility index (Phi) is 5.43. The molecule has 3 heteroatoms. The first-order chi connectivity index (χ1) is 7.26. The minimum absolute atomic E-state index is 0.212. The maximum Gasteiger partial charge on any atom is 0.118 e. The van der Waals surface area contributed by atoms with Crippen LogP contribution in [0.4, 0.5) is 0 Å². The summed E-state index contributed by atoms with van der Waals surface area (Å²) in [7, 11) is 0. The summed E-state index contributed by atoms with van der Waals surface area (Å²) < 4.78 is 5.52. The summed E-state index contributed by atoms with van der Waals surface area (Å²) in [6.45, 7) is 6.88. The fourth-order valence-electron chi connectivity index (χ4n) is 1.58. The van der Waals surface area contributed by atoms with Crippen LogP contribution in [0.1, 0.15) is 31.3 Å². The van der Waals surface area contributed by atoms with Gasteiger partial charge in [0, 0.05) is 6.54 Å². The number of unbranched alkanes of at least 4 members (excludes halogenated alkanes) is 1. The van der Waals surface area contributed by atoms with Gasteiger partial charge in [0.05, 0.1) is 13.2 Å². The van der Waals surface area contributed by atoms with Crippen molar-refractivity contribution in [1.29, 1.82) is 0 Å². The number of hydrogen-bond acceptors (Lipinski definition) is 3. The molecule has 86 valence electrons. The maximum absolute atomic E-state index is 8.95. The van der Waals surface area contributed by atoms with Crippen molar-refractivity contribution < 1.29 is 9.52 Å². The highest BCUT2D eigenvalue weighted by atomic mass is 16.3. The molecule has 0 fully saturated rings. The summed E-state index contributed by atoms with van der Waals surface area (Å²) >= 11 is 0. The van der Waals surface area contributed by atoms with Crippen LogP contribution < -0.4 is 0 Å². The zero-order chi connectivity index (χ0) is 11.1. The van der Waals surface area contributed by atoms with E-state index in [2.05, 4.69) is 11.8 Å². The number of rotatable bonds is 7. The van der Waals surface area contributed by atoms with Gasteiger partial charge in [-0.15, -0.1) is 0 Å². The van der Waals surface area contributed by atoms with E-state index in [1.807, 2.05) is 19.1 Å². The van der Waals surface area contributed by atoms with Gasteiger partial charge >= 0.3 is 0 Å². The lowest BCUT2D eigenvalue weighted by molar-refractivity contribution is 0.178. The molecule has 15 heavy (non-hydrogen) atoms. The quantitative estimate of drug-likeness (QED) is 0.751. The Morgan fingerprint density at radius 3 is 2.67 bits per heavy atom. The molecular formula is C12H21NO2. The summed E-state index contributed by atoms with van der Waals surface area (Å²) in [6.07, 6.45) is 2.35. The number of aliphatic hydroxyl groups excluding tert-OH is 1. The molecular weight excluding hydrogens is 190 g/mol. The molecule has 0 aliphatic heterocycles. The number of nitrogens with zero attached hydrogens (tertiary/aromatic N) is 1. The van der Waals surface area contributed by atoms with Crippen molar-refractivity contribution in [2.45, 2.75) is 33.2 Å². The van der Waals surface area contributed by atoms with Crippen LogP contribution in [0.3, 0.4) is 0 Å². The van der Waals surface area contributed by atoms with Gasteiger partial charge in [0.2, 0.25) is 0 Å². The van der Waals surface area contributed by atoms with Gasteiger partial charge < -0.3 is 9.52 Å². The lowest BCUT2D eigenvalue weighted by Crippen LogP contribution is -2.27. The minimum Gasteiger partial charge on any atom is -0.465 e. The van der Waals surface area contributed by atoms with Crippen molar-refractivity contribution in [3.8, 4) is 0 Å². The molecule has 0 spiro atoms. The largest absolute Gasteiger partial charge is 0.465 e. The Labute approximate surface area is 91.7 Å². The molecule has 1 N–H and O–H groups in total. The molecule has 1 aromatic rings. The first-order valence-corrected chi connectivity index (χ1v) is 5.64. The summed E-state index contributed by atoms with van der Waals surface area (Å²) in [5.74, 6) is 1.93. The SMILES string of the molecule is CCCCN(CCO)Cc1ccc(C)o1. The number of hydrogen-bond donors (Lipinski definition) is 1. The lowest BCUT2D eigenvalue weighted by atomic mass is 10.3. The first kappa shape index (κ1) is 12.3. The Balaban J connectivity index is 2.42. The van der Waals surface area contributed by atoms with E-state index in [9.17, 15) is 0 Å². The van der Waals surface area contributed by atoms with Gasteiger partial charge in [-0.1, -0.05) is 13.3 Å². The Hall–Kier alpha value is -0.800. The van der Waals surface area contributed by atoms with E-state index >= 15 is 0 Å². The smallest absolute Gasteiger partial charge is 0.118 e. The third-order valence-corrected chi connectivity index (χ3v) is 2.42. The van der Waals surface area contributed by atoms with Crippen LogP contribution in [-0.4, -0.2) is 29.7 Å². The van der Waals surface area contributed by atoms with Crippen molar-refractivity contribution in [1.82, 2.24) is 4.90 Å². The monoisotopic (exact) mass is 211 g/mol. The van der Waals surface area contributed by atoms with Crippen LogP contribution in [-0.2, 0) is 6.54 Å². The Morgan fingerprint density at radius 1 is 1.33 bits per heavy atom. The van der Waals surface area contributed by atoms with Crippen molar-refractivity contribution in [3.05, 3.63) is 23.7 Å². The lowest BCUT2D eigenvalue weighted by Gasteiger charge is -2.19. The van der Waals surface area contributed by atoms with Gasteiger partial charge in [0.25, 0.3) is 0 Å². The van der Waals surface area contributed by atoms with E-state index < -0.39 is 0 Å². The van der Waals surface area contributed by atoms with Crippen molar-refractivity contribution in [2.24, 2.45) is 0 Å². The van der Waals surface area contributed by atoms with E-state index in [4.69, 9.17) is 9.52 Å². The zero-order valence-corrected chi connectivity index (χ0v) is 9.70. The molecule has 0 radical (unpaired) electrons. The Bertz CT molecular complexity index is 270. The van der Waals surface area contributed by atoms with Gasteiger partial charge in [-0.3, -0.25) is 4.90 Å². The van der Waals surface area contributed by atoms with E-state index in [0.717, 1.165) is 31.2 Å². The number of aryl methyl sites for hydroxylation is 1. The second-order valence-electron chi connectivity index (χ2n) is 3.87. The third-order valence-electron chi connectivity index (χ3n) is 2.42. The molecule has 0 aliphatic carbocycles. The molecule has 0 amide bonds. The van der Waals surface area contributed by atoms with Crippen LogP contribution in [0.2, 0.25) is 0 Å². The summed E-state index contributed by atoms with van der Waals surface area (Å²) in [5.41, 5.74) is 0. The minimum atomic E-state index is 0.212. The zero-order valence-electron chi connectivity index (χ0n) is 9.70. The molecule has 0 saturated carbocycles. The highest BCUT2D eigenvalue weighted by molar-refractivity contribution is 5.05. The molecule has 3 nitrogen and oxygen atoms in total. The van der Waals surface area contributed by atoms with E-state index in [1.54, 1.807) is 0 Å². The summed E-state index contributed by atoms with van der Waals surface area (Å²) in [6, 6.07) is 3.98. The van der Waals surface area contributed by atoms with Crippen LogP contribution in [0.15, 0.2) is 16.5 Å². The standard InChI is InChI=1S/C12H21NO2/c1-3-4-7-13(8-9-14)10-12-6-5-11(2)15-12/h5-6,14H,3-4,7-10H2,1-2H3. The average Bonchev–Trinajstić information content (AvgIpc) is 2.61. The summed E-state index contributed by atoms with van der Waals surface area (Å²) in [5, 5.41) is 8.95. The first-order valence-electron chi connectivity index (χ1n) is 5.64. The molecule has 1 rings (SSSR count). The topological polar surface area (TPSA) is 36.6 Å². The predicted octanol–water partition coefficient (Wildman–Crippen LogP) is 2.18. The summed E-state index contributed by atoms with van der Waals surface area (Å²) in [4.78, 5) is 2.22. The van der Waals surface area contributed by atoms with Crippen LogP contribution in [0.25, 0.3) is 0 Å². The fourth-order valence-corrected chi connectivity index (χ4v) is 1.58. The third kappa shape index (κ3) is 4.49. The molecule has 0 aromatic carbocycles. The highest BCUT2D eigenvalue weighted by Crippen LogP contribution is 2.09. The second kappa shape index (κ2) is 6.64. The van der Waals surface area contributed by atoms with Crippen molar-refractivity contribution >= 4 is 0 Å². The number of aliphatic hydroxyl groups is 1. The maximum atomic E-state index is 8.95. The van der Waals surface area contributed by atoms with Crippen LogP contribution >= 0.6 is 0 Å². The van der Waals surface area contributed by atoms with Gasteiger partial charge in [-0.05, 0) is 32.0 Å². The normalized spacial score (nSPS) is 11.2. The van der Waals surface area contributed by atoms with E-state index in [1.165, 1.54) is 12.8 Å². The van der Waals surface area contributed by atoms with Crippen LogP contribution in [0.5, 0.6) is 0 Å². The second-order valence-corrected chi connectivity index (χ2v) is 3.87. The van der Waals surface area contributed by atoms with Gasteiger partial charge in [-0.2, -0.15) is 0 Å². The molecule has 0 bridgehead atoms. The van der Waals surface area contributed by atoms with Crippen LogP contribution in [0, 0.1) is 6.92 Å². The van der Waals surface area contributed by atoms with Gasteiger partial charge in [0.15, 0.2) is 0 Å². The van der Waals surface area contributed by atoms with Gasteiger partial charge in [0.1, 0.15) is 11.5 Å². The van der Waals surface area contributed by atoms with Gasteiger partial charge in [-0.25, -0.2) is 0 Å². The highest BCUT2D eigenvalue weighted by Gasteiger charge is 2.07. The van der Waals surface area contributed by atoms with Crippen molar-refractivity contribution in [3.63, 3.8) is 0 Å². The fraction of sp³-hybridized carbons (Fsp3) is 0.667. The Morgan fingerprint density at radius 2 is 2.13 bits per heavy atom. The van der Waals surface area contributed by atoms with E-state index in [-0.39, 0.29) is 6.61 Å². The molecule has 0 unspecified atom stereocenters. The predicted molar refractivity (Wildman–Crippen MR) is 60.7 cm³/mol.